The Bertz CT molecular complexity index is 404. The molecule has 0 bridgehead atoms. The molecule has 1 N–H and O–H groups in total. The van der Waals surface area contributed by atoms with Crippen molar-refractivity contribution in [2.45, 2.75) is 33.0 Å². The molecule has 0 radical (unpaired) electrons. The topological polar surface area (TPSA) is 12.0 Å². The molecule has 20 heavy (non-hydrogen) atoms. The van der Waals surface area contributed by atoms with E-state index < -0.39 is 11.7 Å². The van der Waals surface area contributed by atoms with Crippen LogP contribution in [0.3, 0.4) is 0 Å². The molecule has 0 fully saturated rings. The fourth-order valence-corrected chi connectivity index (χ4v) is 3.13. The van der Waals surface area contributed by atoms with Gasteiger partial charge in [-0.2, -0.15) is 24.9 Å². The van der Waals surface area contributed by atoms with Gasteiger partial charge in [-0.1, -0.05) is 39.0 Å². The maximum Gasteiger partial charge on any atom is 0.416 e. The molecule has 0 aliphatic rings. The first-order valence-electron chi connectivity index (χ1n) is 6.83. The summed E-state index contributed by atoms with van der Waals surface area (Å²) >= 11 is 1.69. The normalized spacial score (nSPS) is 13.8. The highest BCUT2D eigenvalue weighted by molar-refractivity contribution is 7.99. The lowest BCUT2D eigenvalue weighted by Gasteiger charge is -2.22. The smallest absolute Gasteiger partial charge is 0.309 e. The van der Waals surface area contributed by atoms with Gasteiger partial charge in [0, 0.05) is 11.8 Å². The SMILES string of the molecule is CCNC(CSCC(C)C)c1ccccc1C(F)(F)F. The fourth-order valence-electron chi connectivity index (χ4n) is 1.99. The Balaban J connectivity index is 2.91. The molecule has 0 saturated carbocycles. The highest BCUT2D eigenvalue weighted by Gasteiger charge is 2.34. The van der Waals surface area contributed by atoms with E-state index in [0.29, 0.717) is 23.8 Å². The van der Waals surface area contributed by atoms with Crippen LogP contribution in [0.2, 0.25) is 0 Å². The van der Waals surface area contributed by atoms with Crippen molar-refractivity contribution in [2.24, 2.45) is 5.92 Å². The largest absolute Gasteiger partial charge is 0.416 e. The average Bonchev–Trinajstić information content (AvgIpc) is 2.36. The Morgan fingerprint density at radius 1 is 1.15 bits per heavy atom. The summed E-state index contributed by atoms with van der Waals surface area (Å²) in [5, 5.41) is 3.16. The second-order valence-corrected chi connectivity index (χ2v) is 6.20. The van der Waals surface area contributed by atoms with Crippen LogP contribution >= 0.6 is 11.8 Å². The van der Waals surface area contributed by atoms with Crippen molar-refractivity contribution in [2.75, 3.05) is 18.1 Å². The minimum Gasteiger partial charge on any atom is -0.309 e. The zero-order chi connectivity index (χ0) is 15.2. The molecule has 1 unspecified atom stereocenters. The second-order valence-electron chi connectivity index (χ2n) is 5.13. The van der Waals surface area contributed by atoms with Crippen molar-refractivity contribution in [3.63, 3.8) is 0 Å². The van der Waals surface area contributed by atoms with Crippen LogP contribution in [0.1, 0.15) is 37.9 Å². The zero-order valence-corrected chi connectivity index (χ0v) is 12.9. The molecule has 0 aromatic heterocycles. The summed E-state index contributed by atoms with van der Waals surface area (Å²) in [6.07, 6.45) is -4.30. The number of thioether (sulfide) groups is 1. The maximum atomic E-state index is 13.1. The number of benzene rings is 1. The van der Waals surface area contributed by atoms with Crippen LogP contribution < -0.4 is 5.32 Å². The van der Waals surface area contributed by atoms with Gasteiger partial charge in [0.15, 0.2) is 0 Å². The van der Waals surface area contributed by atoms with E-state index >= 15 is 0 Å². The van der Waals surface area contributed by atoms with E-state index in [0.717, 1.165) is 11.8 Å². The molecule has 1 aromatic carbocycles. The Kier molecular flexibility index (Phi) is 6.89. The van der Waals surface area contributed by atoms with Gasteiger partial charge in [0.1, 0.15) is 0 Å². The quantitative estimate of drug-likeness (QED) is 0.780. The number of nitrogens with one attached hydrogen (secondary N) is 1. The Labute approximate surface area is 123 Å². The van der Waals surface area contributed by atoms with Crippen LogP contribution in [0.5, 0.6) is 0 Å². The summed E-state index contributed by atoms with van der Waals surface area (Å²) in [7, 11) is 0. The molecular formula is C15H22F3NS. The molecule has 0 spiro atoms. The Morgan fingerprint density at radius 2 is 1.80 bits per heavy atom. The lowest BCUT2D eigenvalue weighted by Crippen LogP contribution is -2.26. The third kappa shape index (κ3) is 5.37. The number of halogens is 3. The van der Waals surface area contributed by atoms with Gasteiger partial charge < -0.3 is 5.32 Å². The molecule has 0 aliphatic carbocycles. The van der Waals surface area contributed by atoms with E-state index in [2.05, 4.69) is 19.2 Å². The second kappa shape index (κ2) is 7.93. The van der Waals surface area contributed by atoms with E-state index in [1.807, 2.05) is 6.92 Å². The lowest BCUT2D eigenvalue weighted by atomic mass is 10.0. The molecule has 0 aliphatic heterocycles. The van der Waals surface area contributed by atoms with Gasteiger partial charge in [-0.3, -0.25) is 0 Å². The first kappa shape index (κ1) is 17.4. The van der Waals surface area contributed by atoms with E-state index in [9.17, 15) is 13.2 Å². The fraction of sp³-hybridized carbons (Fsp3) is 0.600. The molecule has 1 aromatic rings. The first-order valence-corrected chi connectivity index (χ1v) is 7.99. The summed E-state index contributed by atoms with van der Waals surface area (Å²) in [6.45, 7) is 6.78. The molecule has 0 heterocycles. The number of alkyl halides is 3. The van der Waals surface area contributed by atoms with Crippen molar-refractivity contribution < 1.29 is 13.2 Å². The molecule has 5 heteroatoms. The zero-order valence-electron chi connectivity index (χ0n) is 12.1. The highest BCUT2D eigenvalue weighted by atomic mass is 32.2. The third-order valence-electron chi connectivity index (χ3n) is 2.83. The molecule has 1 atom stereocenters. The van der Waals surface area contributed by atoms with Gasteiger partial charge in [0.05, 0.1) is 5.56 Å². The third-order valence-corrected chi connectivity index (χ3v) is 4.30. The first-order chi connectivity index (χ1) is 9.36. The predicted molar refractivity (Wildman–Crippen MR) is 80.0 cm³/mol. The van der Waals surface area contributed by atoms with Crippen molar-refractivity contribution in [1.29, 1.82) is 0 Å². The van der Waals surface area contributed by atoms with E-state index in [1.165, 1.54) is 6.07 Å². The van der Waals surface area contributed by atoms with Crippen molar-refractivity contribution in [1.82, 2.24) is 5.32 Å². The van der Waals surface area contributed by atoms with E-state index in [-0.39, 0.29) is 6.04 Å². The van der Waals surface area contributed by atoms with Gasteiger partial charge in [0.25, 0.3) is 0 Å². The van der Waals surface area contributed by atoms with E-state index in [4.69, 9.17) is 0 Å². The van der Waals surface area contributed by atoms with Crippen LogP contribution in [0.25, 0.3) is 0 Å². The summed E-state index contributed by atoms with van der Waals surface area (Å²) in [6, 6.07) is 5.58. The van der Waals surface area contributed by atoms with Crippen LogP contribution in [0.15, 0.2) is 24.3 Å². The maximum absolute atomic E-state index is 13.1. The summed E-state index contributed by atoms with van der Waals surface area (Å²) in [5.74, 6) is 2.15. The van der Waals surface area contributed by atoms with Gasteiger partial charge in [-0.15, -0.1) is 0 Å². The Morgan fingerprint density at radius 3 is 2.35 bits per heavy atom. The van der Waals surface area contributed by atoms with Crippen LogP contribution in [-0.4, -0.2) is 18.1 Å². The molecule has 1 nitrogen and oxygen atoms in total. The van der Waals surface area contributed by atoms with Crippen LogP contribution in [0, 0.1) is 5.92 Å². The lowest BCUT2D eigenvalue weighted by molar-refractivity contribution is -0.138. The van der Waals surface area contributed by atoms with Crippen LogP contribution in [0.4, 0.5) is 13.2 Å². The monoisotopic (exact) mass is 305 g/mol. The van der Waals surface area contributed by atoms with E-state index in [1.54, 1.807) is 23.9 Å². The standard InChI is InChI=1S/C15H22F3NS/c1-4-19-14(10-20-9-11(2)3)12-7-5-6-8-13(12)15(16,17)18/h5-8,11,14,19H,4,9-10H2,1-3H3. The van der Waals surface area contributed by atoms with Crippen molar-refractivity contribution in [3.05, 3.63) is 35.4 Å². The highest BCUT2D eigenvalue weighted by Crippen LogP contribution is 2.35. The van der Waals surface area contributed by atoms with Gasteiger partial charge in [-0.25, -0.2) is 0 Å². The summed E-state index contributed by atoms with van der Waals surface area (Å²) in [4.78, 5) is 0. The number of hydrogen-bond acceptors (Lipinski definition) is 2. The molecule has 1 rings (SSSR count). The summed E-state index contributed by atoms with van der Waals surface area (Å²) < 4.78 is 39.2. The predicted octanol–water partition coefficient (Wildman–Crippen LogP) is 4.75. The van der Waals surface area contributed by atoms with Crippen molar-refractivity contribution >= 4 is 11.8 Å². The molecular weight excluding hydrogens is 283 g/mol. The number of hydrogen-bond donors (Lipinski definition) is 1. The van der Waals surface area contributed by atoms with Gasteiger partial charge in [0.2, 0.25) is 0 Å². The van der Waals surface area contributed by atoms with Crippen LogP contribution in [-0.2, 0) is 6.18 Å². The molecule has 0 saturated heterocycles. The van der Waals surface area contributed by atoms with Gasteiger partial charge >= 0.3 is 6.18 Å². The minimum absolute atomic E-state index is 0.262. The number of rotatable bonds is 7. The van der Waals surface area contributed by atoms with Crippen molar-refractivity contribution in [3.8, 4) is 0 Å². The van der Waals surface area contributed by atoms with Gasteiger partial charge in [-0.05, 0) is 29.8 Å². The Hall–Kier alpha value is -0.680. The summed E-state index contributed by atoms with van der Waals surface area (Å²) in [5.41, 5.74) is -0.186. The molecule has 114 valence electrons. The molecule has 0 amide bonds. The average molecular weight is 305 g/mol. The minimum atomic E-state index is -4.30.